The third-order valence-corrected chi connectivity index (χ3v) is 4.08. The van der Waals surface area contributed by atoms with Crippen LogP contribution in [0.15, 0.2) is 12.1 Å². The first-order chi connectivity index (χ1) is 9.15. The maximum atomic E-state index is 9.36. The maximum Gasteiger partial charge on any atom is 0.118 e. The van der Waals surface area contributed by atoms with Crippen LogP contribution < -0.4 is 0 Å². The third-order valence-electron chi connectivity index (χ3n) is 3.41. The van der Waals surface area contributed by atoms with E-state index in [2.05, 4.69) is 6.92 Å². The summed E-state index contributed by atoms with van der Waals surface area (Å²) < 4.78 is 0. The molecule has 0 heterocycles. The normalized spacial score (nSPS) is 10.9. The van der Waals surface area contributed by atoms with Crippen molar-refractivity contribution < 1.29 is 5.11 Å². The van der Waals surface area contributed by atoms with Crippen molar-refractivity contribution in [1.82, 2.24) is 0 Å². The lowest BCUT2D eigenvalue weighted by atomic mass is 10.0. The third kappa shape index (κ3) is 6.54. The minimum absolute atomic E-state index is 0.134. The molecule has 0 spiro atoms. The molecule has 1 rings (SSSR count). The summed E-state index contributed by atoms with van der Waals surface area (Å²) >= 11 is 12.2. The number of halogens is 2. The maximum absolute atomic E-state index is 9.36. The minimum Gasteiger partial charge on any atom is -0.508 e. The highest BCUT2D eigenvalue weighted by atomic mass is 35.5. The van der Waals surface area contributed by atoms with Gasteiger partial charge in [-0.3, -0.25) is 0 Å². The fourth-order valence-electron chi connectivity index (χ4n) is 2.26. The van der Waals surface area contributed by atoms with Gasteiger partial charge in [-0.1, -0.05) is 75.1 Å². The Balaban J connectivity index is 2.19. The van der Waals surface area contributed by atoms with Crippen LogP contribution in [0.1, 0.15) is 63.9 Å². The Kier molecular flexibility index (Phi) is 8.32. The van der Waals surface area contributed by atoms with Gasteiger partial charge in [0.05, 0.1) is 0 Å². The Labute approximate surface area is 126 Å². The standard InChI is InChI=1S/C16H24Cl2O/c1-2-3-4-5-6-7-8-9-10-14-15(17)11-13(19)12-16(14)18/h11-12,19H,2-10H2,1H3. The molecule has 0 saturated carbocycles. The molecule has 1 aromatic carbocycles. The van der Waals surface area contributed by atoms with Gasteiger partial charge in [-0.2, -0.15) is 0 Å². The molecule has 0 bridgehead atoms. The second kappa shape index (κ2) is 9.50. The zero-order valence-electron chi connectivity index (χ0n) is 11.7. The molecule has 1 aromatic rings. The molecule has 1 nitrogen and oxygen atoms in total. The van der Waals surface area contributed by atoms with E-state index in [1.807, 2.05) is 0 Å². The van der Waals surface area contributed by atoms with Crippen LogP contribution in [0.5, 0.6) is 5.75 Å². The molecule has 19 heavy (non-hydrogen) atoms. The number of aromatic hydroxyl groups is 1. The highest BCUT2D eigenvalue weighted by Gasteiger charge is 2.07. The number of rotatable bonds is 9. The van der Waals surface area contributed by atoms with Crippen molar-refractivity contribution in [3.05, 3.63) is 27.7 Å². The first-order valence-electron chi connectivity index (χ1n) is 7.32. The number of phenolic OH excluding ortho intramolecular Hbond substituents is 1. The van der Waals surface area contributed by atoms with E-state index >= 15 is 0 Å². The van der Waals surface area contributed by atoms with Crippen molar-refractivity contribution in [2.75, 3.05) is 0 Å². The summed E-state index contributed by atoms with van der Waals surface area (Å²) in [6.07, 6.45) is 11.2. The molecule has 0 aliphatic rings. The van der Waals surface area contributed by atoms with E-state index in [1.165, 1.54) is 44.9 Å². The number of hydrogen-bond donors (Lipinski definition) is 1. The molecule has 0 atom stereocenters. The number of hydrogen-bond acceptors (Lipinski definition) is 1. The summed E-state index contributed by atoms with van der Waals surface area (Å²) in [6, 6.07) is 3.13. The van der Waals surface area contributed by atoms with Gasteiger partial charge in [-0.05, 0) is 30.5 Å². The smallest absolute Gasteiger partial charge is 0.118 e. The summed E-state index contributed by atoms with van der Waals surface area (Å²) in [7, 11) is 0. The van der Waals surface area contributed by atoms with E-state index in [-0.39, 0.29) is 5.75 Å². The molecular weight excluding hydrogens is 279 g/mol. The highest BCUT2D eigenvalue weighted by Crippen LogP contribution is 2.30. The average Bonchev–Trinajstić information content (AvgIpc) is 2.35. The number of phenols is 1. The molecule has 0 aliphatic heterocycles. The van der Waals surface area contributed by atoms with Gasteiger partial charge in [0.2, 0.25) is 0 Å². The molecule has 3 heteroatoms. The van der Waals surface area contributed by atoms with Gasteiger partial charge < -0.3 is 5.11 Å². The zero-order valence-corrected chi connectivity index (χ0v) is 13.2. The first-order valence-corrected chi connectivity index (χ1v) is 8.07. The van der Waals surface area contributed by atoms with Crippen molar-refractivity contribution in [3.63, 3.8) is 0 Å². The van der Waals surface area contributed by atoms with Gasteiger partial charge >= 0.3 is 0 Å². The van der Waals surface area contributed by atoms with Gasteiger partial charge in [-0.25, -0.2) is 0 Å². The van der Waals surface area contributed by atoms with E-state index < -0.39 is 0 Å². The van der Waals surface area contributed by atoms with Crippen LogP contribution in [0.4, 0.5) is 0 Å². The van der Waals surface area contributed by atoms with Crippen LogP contribution in [0.2, 0.25) is 10.0 Å². The van der Waals surface area contributed by atoms with E-state index in [9.17, 15) is 5.11 Å². The van der Waals surface area contributed by atoms with Crippen molar-refractivity contribution >= 4 is 23.2 Å². The Bertz CT molecular complexity index is 354. The van der Waals surface area contributed by atoms with Crippen LogP contribution in [0, 0.1) is 0 Å². The van der Waals surface area contributed by atoms with Gasteiger partial charge in [0, 0.05) is 10.0 Å². The SMILES string of the molecule is CCCCCCCCCCc1c(Cl)cc(O)cc1Cl. The van der Waals surface area contributed by atoms with E-state index in [0.29, 0.717) is 10.0 Å². The quantitative estimate of drug-likeness (QED) is 0.525. The zero-order chi connectivity index (χ0) is 14.1. The Hall–Kier alpha value is -0.400. The molecule has 108 valence electrons. The Morgan fingerprint density at radius 2 is 1.32 bits per heavy atom. The summed E-state index contributed by atoms with van der Waals surface area (Å²) in [5.41, 5.74) is 0.965. The van der Waals surface area contributed by atoms with Crippen LogP contribution >= 0.6 is 23.2 Å². The summed E-state index contributed by atoms with van der Waals surface area (Å²) in [6.45, 7) is 2.24. The molecule has 1 N–H and O–H groups in total. The Morgan fingerprint density at radius 1 is 0.842 bits per heavy atom. The van der Waals surface area contributed by atoms with Crippen molar-refractivity contribution in [1.29, 1.82) is 0 Å². The van der Waals surface area contributed by atoms with Crippen molar-refractivity contribution in [2.24, 2.45) is 0 Å². The lowest BCUT2D eigenvalue weighted by molar-refractivity contribution is 0.475. The van der Waals surface area contributed by atoms with Crippen molar-refractivity contribution in [2.45, 2.75) is 64.7 Å². The monoisotopic (exact) mass is 302 g/mol. The summed E-state index contributed by atoms with van der Waals surface area (Å²) in [4.78, 5) is 0. The van der Waals surface area contributed by atoms with E-state index in [4.69, 9.17) is 23.2 Å². The molecular formula is C16H24Cl2O. The molecule has 0 unspecified atom stereocenters. The lowest BCUT2D eigenvalue weighted by Crippen LogP contribution is -1.90. The van der Waals surface area contributed by atoms with Crippen LogP contribution in [0.25, 0.3) is 0 Å². The number of unbranched alkanes of at least 4 members (excludes halogenated alkanes) is 7. The molecule has 0 saturated heterocycles. The summed E-state index contributed by atoms with van der Waals surface area (Å²) in [5, 5.41) is 10.5. The minimum atomic E-state index is 0.134. The van der Waals surface area contributed by atoms with Gasteiger partial charge in [0.15, 0.2) is 0 Å². The second-order valence-electron chi connectivity index (χ2n) is 5.11. The van der Waals surface area contributed by atoms with Crippen LogP contribution in [-0.2, 0) is 6.42 Å². The average molecular weight is 303 g/mol. The van der Waals surface area contributed by atoms with Gasteiger partial charge in [0.25, 0.3) is 0 Å². The van der Waals surface area contributed by atoms with Gasteiger partial charge in [-0.15, -0.1) is 0 Å². The largest absolute Gasteiger partial charge is 0.508 e. The van der Waals surface area contributed by atoms with Crippen LogP contribution in [-0.4, -0.2) is 5.11 Å². The van der Waals surface area contributed by atoms with Gasteiger partial charge in [0.1, 0.15) is 5.75 Å². The fourth-order valence-corrected chi connectivity index (χ4v) is 2.93. The van der Waals surface area contributed by atoms with E-state index in [0.717, 1.165) is 18.4 Å². The highest BCUT2D eigenvalue weighted by molar-refractivity contribution is 6.36. The molecule has 0 fully saturated rings. The predicted molar refractivity (Wildman–Crippen MR) is 84.4 cm³/mol. The molecule has 0 radical (unpaired) electrons. The number of benzene rings is 1. The molecule has 0 aliphatic carbocycles. The lowest BCUT2D eigenvalue weighted by Gasteiger charge is -2.07. The van der Waals surface area contributed by atoms with Crippen LogP contribution in [0.3, 0.4) is 0 Å². The molecule has 0 amide bonds. The van der Waals surface area contributed by atoms with E-state index in [1.54, 1.807) is 12.1 Å². The Morgan fingerprint density at radius 3 is 1.84 bits per heavy atom. The first kappa shape index (κ1) is 16.7. The molecule has 0 aromatic heterocycles. The summed E-state index contributed by atoms with van der Waals surface area (Å²) in [5.74, 6) is 0.134. The topological polar surface area (TPSA) is 20.2 Å². The van der Waals surface area contributed by atoms with Crippen molar-refractivity contribution in [3.8, 4) is 5.75 Å². The predicted octanol–water partition coefficient (Wildman–Crippen LogP) is 6.38. The fraction of sp³-hybridized carbons (Fsp3) is 0.625. The second-order valence-corrected chi connectivity index (χ2v) is 5.93.